The van der Waals surface area contributed by atoms with E-state index in [2.05, 4.69) is 11.8 Å². The van der Waals surface area contributed by atoms with Gasteiger partial charge in [0.2, 0.25) is 0 Å². The fourth-order valence-electron chi connectivity index (χ4n) is 3.24. The molecule has 11 heteroatoms. The zero-order valence-corrected chi connectivity index (χ0v) is 23.7. The van der Waals surface area contributed by atoms with E-state index < -0.39 is 5.60 Å². The summed E-state index contributed by atoms with van der Waals surface area (Å²) < 4.78 is 43.7. The molecule has 220 valence electrons. The van der Waals surface area contributed by atoms with Gasteiger partial charge in [-0.05, 0) is 27.2 Å². The highest BCUT2D eigenvalue weighted by Crippen LogP contribution is 2.11. The maximum atomic E-state index is 12.1. The fraction of sp³-hybridized carbons (Fsp3) is 0.962. The van der Waals surface area contributed by atoms with Crippen LogP contribution in [0.2, 0.25) is 0 Å². The Morgan fingerprint density at radius 2 is 0.919 bits per heavy atom. The number of amides is 1. The summed E-state index contributed by atoms with van der Waals surface area (Å²) in [7, 11) is 0. The van der Waals surface area contributed by atoms with Crippen LogP contribution in [0.1, 0.15) is 34.1 Å². The van der Waals surface area contributed by atoms with Crippen LogP contribution in [0.15, 0.2) is 0 Å². The van der Waals surface area contributed by atoms with Gasteiger partial charge in [-0.2, -0.15) is 0 Å². The number of hydrogen-bond acceptors (Lipinski definition) is 10. The average Bonchev–Trinajstić information content (AvgIpc) is 2.86. The third-order valence-corrected chi connectivity index (χ3v) is 5.16. The molecule has 0 aromatic rings. The first-order chi connectivity index (χ1) is 17.9. The quantitative estimate of drug-likeness (QED) is 0.181. The van der Waals surface area contributed by atoms with Crippen LogP contribution in [-0.2, 0) is 37.9 Å². The molecular formula is C26H52N2O9. The molecule has 0 aliphatic carbocycles. The van der Waals surface area contributed by atoms with Gasteiger partial charge in [0.1, 0.15) is 5.60 Å². The van der Waals surface area contributed by atoms with Gasteiger partial charge in [-0.3, -0.25) is 4.90 Å². The van der Waals surface area contributed by atoms with Gasteiger partial charge in [0.05, 0.1) is 85.9 Å². The number of nitrogens with zero attached hydrogens (tertiary/aromatic N) is 2. The lowest BCUT2D eigenvalue weighted by molar-refractivity contribution is -0.0215. The normalized spacial score (nSPS) is 14.9. The van der Waals surface area contributed by atoms with Crippen molar-refractivity contribution >= 4 is 6.09 Å². The summed E-state index contributed by atoms with van der Waals surface area (Å²) in [5.74, 6) is 0. The minimum absolute atomic E-state index is 0.233. The summed E-state index contributed by atoms with van der Waals surface area (Å²) in [4.78, 5) is 16.2. The smallest absolute Gasteiger partial charge is 0.410 e. The predicted octanol–water partition coefficient (Wildman–Crippen LogP) is 2.07. The summed E-state index contributed by atoms with van der Waals surface area (Å²) in [6.07, 6.45) is 0.794. The summed E-state index contributed by atoms with van der Waals surface area (Å²) in [6.45, 7) is 19.7. The van der Waals surface area contributed by atoms with Crippen molar-refractivity contribution in [2.75, 3.05) is 125 Å². The Morgan fingerprint density at radius 3 is 1.27 bits per heavy atom. The highest BCUT2D eigenvalue weighted by molar-refractivity contribution is 5.68. The molecule has 0 unspecified atom stereocenters. The van der Waals surface area contributed by atoms with Gasteiger partial charge >= 0.3 is 6.09 Å². The molecule has 0 saturated carbocycles. The first-order valence-corrected chi connectivity index (χ1v) is 13.7. The van der Waals surface area contributed by atoms with Gasteiger partial charge < -0.3 is 42.8 Å². The number of ether oxygens (including phenoxy) is 8. The molecule has 37 heavy (non-hydrogen) atoms. The van der Waals surface area contributed by atoms with Gasteiger partial charge in [-0.15, -0.1) is 0 Å². The Hall–Kier alpha value is -1.05. The van der Waals surface area contributed by atoms with E-state index in [4.69, 9.17) is 37.9 Å². The van der Waals surface area contributed by atoms with Crippen LogP contribution in [0, 0.1) is 0 Å². The average molecular weight is 537 g/mol. The molecule has 1 fully saturated rings. The fourth-order valence-corrected chi connectivity index (χ4v) is 3.24. The van der Waals surface area contributed by atoms with E-state index in [1.165, 1.54) is 0 Å². The van der Waals surface area contributed by atoms with E-state index in [0.717, 1.165) is 32.7 Å². The van der Waals surface area contributed by atoms with E-state index in [1.54, 1.807) is 4.90 Å². The molecule has 0 bridgehead atoms. The summed E-state index contributed by atoms with van der Waals surface area (Å²) >= 11 is 0. The number of hydrogen-bond donors (Lipinski definition) is 0. The monoisotopic (exact) mass is 536 g/mol. The largest absolute Gasteiger partial charge is 0.444 e. The highest BCUT2D eigenvalue weighted by Gasteiger charge is 2.25. The molecule has 0 N–H and O–H groups in total. The van der Waals surface area contributed by atoms with Gasteiger partial charge in [-0.25, -0.2) is 4.79 Å². The lowest BCUT2D eigenvalue weighted by Gasteiger charge is -2.35. The molecule has 1 heterocycles. The molecule has 1 amide bonds. The van der Waals surface area contributed by atoms with Crippen molar-refractivity contribution in [2.24, 2.45) is 0 Å². The van der Waals surface area contributed by atoms with E-state index in [-0.39, 0.29) is 6.09 Å². The lowest BCUT2D eigenvalue weighted by atomic mass is 10.2. The van der Waals surface area contributed by atoms with Crippen LogP contribution in [0.4, 0.5) is 4.79 Å². The Morgan fingerprint density at radius 1 is 0.568 bits per heavy atom. The topological polar surface area (TPSA) is 97.4 Å². The van der Waals surface area contributed by atoms with E-state index in [0.29, 0.717) is 99.0 Å². The minimum Gasteiger partial charge on any atom is -0.444 e. The van der Waals surface area contributed by atoms with Crippen molar-refractivity contribution in [1.29, 1.82) is 0 Å². The summed E-state index contributed by atoms with van der Waals surface area (Å²) in [5, 5.41) is 0. The molecule has 11 nitrogen and oxygen atoms in total. The second-order valence-corrected chi connectivity index (χ2v) is 9.60. The Labute approximate surface area is 223 Å². The lowest BCUT2D eigenvalue weighted by Crippen LogP contribution is -2.50. The number of piperazine rings is 1. The summed E-state index contributed by atoms with van der Waals surface area (Å²) in [6, 6.07) is 0. The molecule has 1 saturated heterocycles. The highest BCUT2D eigenvalue weighted by atomic mass is 16.6. The Balaban J connectivity index is 1.75. The third kappa shape index (κ3) is 21.6. The Kier molecular flexibility index (Phi) is 21.0. The zero-order chi connectivity index (χ0) is 27.0. The number of carbonyl (C=O) groups is 1. The van der Waals surface area contributed by atoms with Crippen molar-refractivity contribution in [3.05, 3.63) is 0 Å². The minimum atomic E-state index is -0.458. The molecule has 1 aliphatic rings. The maximum Gasteiger partial charge on any atom is 0.410 e. The first kappa shape index (κ1) is 34.0. The maximum absolute atomic E-state index is 12.1. The van der Waals surface area contributed by atoms with Crippen LogP contribution in [0.25, 0.3) is 0 Å². The van der Waals surface area contributed by atoms with Crippen molar-refractivity contribution in [3.8, 4) is 0 Å². The van der Waals surface area contributed by atoms with Crippen LogP contribution >= 0.6 is 0 Å². The van der Waals surface area contributed by atoms with Crippen molar-refractivity contribution in [1.82, 2.24) is 9.80 Å². The second-order valence-electron chi connectivity index (χ2n) is 9.60. The molecule has 0 radical (unpaired) electrons. The molecule has 0 aromatic heterocycles. The zero-order valence-electron chi connectivity index (χ0n) is 23.7. The predicted molar refractivity (Wildman–Crippen MR) is 140 cm³/mol. The molecule has 1 rings (SSSR count). The van der Waals surface area contributed by atoms with E-state index in [9.17, 15) is 4.79 Å². The molecular weight excluding hydrogens is 484 g/mol. The van der Waals surface area contributed by atoms with Crippen LogP contribution in [0.3, 0.4) is 0 Å². The molecule has 0 spiro atoms. The standard InChI is InChI=1S/C26H52N2O9/c1-5-11-30-13-15-32-17-19-34-21-23-36-24-22-35-20-18-33-16-14-31-12-10-27-6-8-28(9-7-27)25(29)37-26(2,3)4/h5-24H2,1-4H3. The second kappa shape index (κ2) is 22.9. The first-order valence-electron chi connectivity index (χ1n) is 13.7. The van der Waals surface area contributed by atoms with E-state index >= 15 is 0 Å². The molecule has 0 aromatic carbocycles. The SMILES string of the molecule is CCCOCCOCCOCCOCCOCCOCCOCCN1CCN(C(=O)OC(C)(C)C)CC1. The van der Waals surface area contributed by atoms with E-state index in [1.807, 2.05) is 20.8 Å². The van der Waals surface area contributed by atoms with Crippen molar-refractivity contribution < 1.29 is 42.7 Å². The van der Waals surface area contributed by atoms with Crippen LogP contribution < -0.4 is 0 Å². The molecule has 1 aliphatic heterocycles. The molecule has 0 atom stereocenters. The van der Waals surface area contributed by atoms with Gasteiger partial charge in [0.25, 0.3) is 0 Å². The number of rotatable bonds is 23. The summed E-state index contributed by atoms with van der Waals surface area (Å²) in [5.41, 5.74) is -0.458. The van der Waals surface area contributed by atoms with Crippen molar-refractivity contribution in [3.63, 3.8) is 0 Å². The van der Waals surface area contributed by atoms with Crippen LogP contribution in [-0.4, -0.2) is 147 Å². The number of carbonyl (C=O) groups excluding carboxylic acids is 1. The van der Waals surface area contributed by atoms with Gasteiger partial charge in [0, 0.05) is 39.3 Å². The van der Waals surface area contributed by atoms with Gasteiger partial charge in [-0.1, -0.05) is 6.92 Å². The Bertz CT molecular complexity index is 527. The van der Waals surface area contributed by atoms with Crippen molar-refractivity contribution in [2.45, 2.75) is 39.7 Å². The van der Waals surface area contributed by atoms with Gasteiger partial charge in [0.15, 0.2) is 0 Å². The third-order valence-electron chi connectivity index (χ3n) is 5.16. The van der Waals surface area contributed by atoms with Crippen LogP contribution in [0.5, 0.6) is 0 Å².